The predicted octanol–water partition coefficient (Wildman–Crippen LogP) is 3.12. The van der Waals surface area contributed by atoms with E-state index in [4.69, 9.17) is 5.73 Å². The Kier molecular flexibility index (Phi) is 4.08. The van der Waals surface area contributed by atoms with Gasteiger partial charge in [0.2, 0.25) is 0 Å². The second-order valence-corrected chi connectivity index (χ2v) is 5.20. The van der Waals surface area contributed by atoms with Crippen molar-refractivity contribution in [2.45, 2.75) is 27.3 Å². The van der Waals surface area contributed by atoms with E-state index in [-0.39, 0.29) is 5.91 Å². The zero-order chi connectivity index (χ0) is 14.7. The Morgan fingerprint density at radius 2 is 1.75 bits per heavy atom. The van der Waals surface area contributed by atoms with Crippen LogP contribution in [0.2, 0.25) is 0 Å². The molecule has 0 saturated heterocycles. The number of hydrogen-bond acceptors (Lipinski definition) is 2. The van der Waals surface area contributed by atoms with Gasteiger partial charge in [-0.05, 0) is 49.6 Å². The van der Waals surface area contributed by atoms with Gasteiger partial charge in [0.25, 0.3) is 5.91 Å². The zero-order valence-electron chi connectivity index (χ0n) is 12.2. The van der Waals surface area contributed by atoms with Gasteiger partial charge in [-0.2, -0.15) is 0 Å². The third-order valence-corrected chi connectivity index (χ3v) is 3.31. The van der Waals surface area contributed by atoms with Gasteiger partial charge in [0.05, 0.1) is 0 Å². The summed E-state index contributed by atoms with van der Waals surface area (Å²) < 4.78 is 0. The van der Waals surface area contributed by atoms with Gasteiger partial charge in [0.1, 0.15) is 0 Å². The van der Waals surface area contributed by atoms with E-state index in [9.17, 15) is 4.79 Å². The molecule has 20 heavy (non-hydrogen) atoms. The monoisotopic (exact) mass is 268 g/mol. The lowest BCUT2D eigenvalue weighted by Crippen LogP contribution is -2.24. The Morgan fingerprint density at radius 1 is 1.10 bits per heavy atom. The highest BCUT2D eigenvalue weighted by atomic mass is 16.1. The molecule has 0 aliphatic carbocycles. The van der Waals surface area contributed by atoms with Crippen LogP contribution in [0, 0.1) is 20.8 Å². The molecule has 0 aliphatic heterocycles. The second kappa shape index (κ2) is 5.78. The second-order valence-electron chi connectivity index (χ2n) is 5.20. The molecular weight excluding hydrogens is 248 g/mol. The largest absolute Gasteiger partial charge is 0.399 e. The number of amides is 1. The van der Waals surface area contributed by atoms with E-state index >= 15 is 0 Å². The summed E-state index contributed by atoms with van der Waals surface area (Å²) in [5, 5.41) is 2.95. The van der Waals surface area contributed by atoms with Crippen LogP contribution in [0.1, 0.15) is 32.6 Å². The van der Waals surface area contributed by atoms with Gasteiger partial charge in [0.15, 0.2) is 0 Å². The van der Waals surface area contributed by atoms with Crippen molar-refractivity contribution < 1.29 is 4.79 Å². The number of nitrogens with two attached hydrogens (primary N) is 1. The Morgan fingerprint density at radius 3 is 2.35 bits per heavy atom. The number of anilines is 1. The summed E-state index contributed by atoms with van der Waals surface area (Å²) in [7, 11) is 0. The van der Waals surface area contributed by atoms with Crippen molar-refractivity contribution in [2.24, 2.45) is 0 Å². The quantitative estimate of drug-likeness (QED) is 0.840. The van der Waals surface area contributed by atoms with Gasteiger partial charge < -0.3 is 11.1 Å². The molecule has 3 N–H and O–H groups in total. The topological polar surface area (TPSA) is 55.1 Å². The lowest BCUT2D eigenvalue weighted by atomic mass is 9.99. The molecule has 0 unspecified atom stereocenters. The molecule has 0 aliphatic rings. The predicted molar refractivity (Wildman–Crippen MR) is 82.7 cm³/mol. The fourth-order valence-corrected chi connectivity index (χ4v) is 2.51. The third-order valence-electron chi connectivity index (χ3n) is 3.31. The standard InChI is InChI=1S/C17H20N2O/c1-11-7-12(2)16(13(3)8-11)17(20)19-10-14-5-4-6-15(18)9-14/h4-9H,10,18H2,1-3H3,(H,19,20). The number of hydrogen-bond donors (Lipinski definition) is 2. The van der Waals surface area contributed by atoms with E-state index < -0.39 is 0 Å². The maximum absolute atomic E-state index is 12.3. The van der Waals surface area contributed by atoms with Crippen LogP contribution in [0.4, 0.5) is 5.69 Å². The average Bonchev–Trinajstić information content (AvgIpc) is 2.35. The van der Waals surface area contributed by atoms with Crippen molar-refractivity contribution in [2.75, 3.05) is 5.73 Å². The van der Waals surface area contributed by atoms with E-state index in [0.29, 0.717) is 12.2 Å². The summed E-state index contributed by atoms with van der Waals surface area (Å²) in [5.41, 5.74) is 11.4. The van der Waals surface area contributed by atoms with Crippen molar-refractivity contribution in [1.29, 1.82) is 0 Å². The lowest BCUT2D eigenvalue weighted by molar-refractivity contribution is 0.0949. The zero-order valence-corrected chi connectivity index (χ0v) is 12.2. The molecule has 2 aromatic rings. The normalized spacial score (nSPS) is 10.3. The summed E-state index contributed by atoms with van der Waals surface area (Å²) in [5.74, 6) is -0.0394. The van der Waals surface area contributed by atoms with Crippen LogP contribution in [0.3, 0.4) is 0 Å². The van der Waals surface area contributed by atoms with Crippen LogP contribution in [0.5, 0.6) is 0 Å². The number of aryl methyl sites for hydroxylation is 3. The SMILES string of the molecule is Cc1cc(C)c(C(=O)NCc2cccc(N)c2)c(C)c1. The highest BCUT2D eigenvalue weighted by molar-refractivity contribution is 5.97. The summed E-state index contributed by atoms with van der Waals surface area (Å²) in [6.45, 7) is 6.45. The lowest BCUT2D eigenvalue weighted by Gasteiger charge is -2.12. The molecule has 0 fully saturated rings. The van der Waals surface area contributed by atoms with Gasteiger partial charge >= 0.3 is 0 Å². The molecule has 0 spiro atoms. The third kappa shape index (κ3) is 3.18. The Labute approximate surface area is 119 Å². The maximum Gasteiger partial charge on any atom is 0.252 e. The minimum atomic E-state index is -0.0394. The molecule has 0 aromatic heterocycles. The summed E-state index contributed by atoms with van der Waals surface area (Å²) in [6, 6.07) is 11.6. The van der Waals surface area contributed by atoms with Crippen molar-refractivity contribution in [3.05, 3.63) is 64.2 Å². The first-order valence-electron chi connectivity index (χ1n) is 6.68. The number of nitrogen functional groups attached to an aromatic ring is 1. The van der Waals surface area contributed by atoms with Crippen molar-refractivity contribution in [1.82, 2.24) is 5.32 Å². The molecule has 0 saturated carbocycles. The molecule has 104 valence electrons. The molecule has 0 radical (unpaired) electrons. The number of rotatable bonds is 3. The first-order valence-corrected chi connectivity index (χ1v) is 6.68. The number of nitrogens with one attached hydrogen (secondary N) is 1. The fourth-order valence-electron chi connectivity index (χ4n) is 2.51. The molecule has 2 rings (SSSR count). The molecule has 1 amide bonds. The molecule has 0 bridgehead atoms. The molecule has 3 heteroatoms. The number of benzene rings is 2. The highest BCUT2D eigenvalue weighted by Gasteiger charge is 2.12. The van der Waals surface area contributed by atoms with Crippen molar-refractivity contribution >= 4 is 11.6 Å². The Balaban J connectivity index is 2.13. The van der Waals surface area contributed by atoms with E-state index in [1.165, 1.54) is 5.56 Å². The molecular formula is C17H20N2O. The molecule has 2 aromatic carbocycles. The van der Waals surface area contributed by atoms with E-state index in [2.05, 4.69) is 5.32 Å². The van der Waals surface area contributed by atoms with Gasteiger partial charge in [-0.1, -0.05) is 29.8 Å². The van der Waals surface area contributed by atoms with Gasteiger partial charge in [-0.25, -0.2) is 0 Å². The average molecular weight is 268 g/mol. The summed E-state index contributed by atoms with van der Waals surface area (Å²) >= 11 is 0. The van der Waals surface area contributed by atoms with E-state index in [1.807, 2.05) is 57.2 Å². The first kappa shape index (κ1) is 14.1. The minimum Gasteiger partial charge on any atom is -0.399 e. The van der Waals surface area contributed by atoms with Gasteiger partial charge in [-0.15, -0.1) is 0 Å². The smallest absolute Gasteiger partial charge is 0.252 e. The van der Waals surface area contributed by atoms with Crippen LogP contribution in [-0.2, 0) is 6.54 Å². The van der Waals surface area contributed by atoms with Gasteiger partial charge in [-0.3, -0.25) is 4.79 Å². The number of carbonyl (C=O) groups is 1. The molecule has 3 nitrogen and oxygen atoms in total. The summed E-state index contributed by atoms with van der Waals surface area (Å²) in [6.07, 6.45) is 0. The Hall–Kier alpha value is -2.29. The fraction of sp³-hybridized carbons (Fsp3) is 0.235. The van der Waals surface area contributed by atoms with Crippen LogP contribution >= 0.6 is 0 Å². The number of carbonyl (C=O) groups excluding carboxylic acids is 1. The summed E-state index contributed by atoms with van der Waals surface area (Å²) in [4.78, 5) is 12.3. The van der Waals surface area contributed by atoms with E-state index in [1.54, 1.807) is 0 Å². The Bertz CT molecular complexity index is 624. The first-order chi connectivity index (χ1) is 9.47. The minimum absolute atomic E-state index is 0.0394. The van der Waals surface area contributed by atoms with Crippen molar-refractivity contribution in [3.8, 4) is 0 Å². The molecule has 0 atom stereocenters. The highest BCUT2D eigenvalue weighted by Crippen LogP contribution is 2.16. The molecule has 0 heterocycles. The maximum atomic E-state index is 12.3. The van der Waals surface area contributed by atoms with Crippen molar-refractivity contribution in [3.63, 3.8) is 0 Å². The van der Waals surface area contributed by atoms with Crippen LogP contribution in [0.15, 0.2) is 36.4 Å². The van der Waals surface area contributed by atoms with E-state index in [0.717, 1.165) is 22.3 Å². The van der Waals surface area contributed by atoms with Crippen LogP contribution in [0.25, 0.3) is 0 Å². The van der Waals surface area contributed by atoms with Gasteiger partial charge in [0, 0.05) is 17.8 Å². The van der Waals surface area contributed by atoms with Crippen LogP contribution < -0.4 is 11.1 Å². The van der Waals surface area contributed by atoms with Crippen LogP contribution in [-0.4, -0.2) is 5.91 Å².